The molecule has 7 nitrogen and oxygen atoms in total. The molecule has 13 heteroatoms. The van der Waals surface area contributed by atoms with E-state index in [1.807, 2.05) is 0 Å². The van der Waals surface area contributed by atoms with Gasteiger partial charge in [-0.3, -0.25) is 0 Å². The van der Waals surface area contributed by atoms with Gasteiger partial charge in [-0.25, -0.2) is 0 Å². The summed E-state index contributed by atoms with van der Waals surface area (Å²) in [5.74, 6) is 0. The Balaban J connectivity index is 0. The summed E-state index contributed by atoms with van der Waals surface area (Å²) in [6.07, 6.45) is 0. The third-order valence-electron chi connectivity index (χ3n) is 0. The van der Waals surface area contributed by atoms with E-state index >= 15 is 0 Å². The van der Waals surface area contributed by atoms with E-state index in [1.165, 1.54) is 0 Å². The standard InChI is InChI=1S/2Cr.2Cu.7O.2Zn/q2*+3;2*+2;7*-2;2*+2. The molecule has 0 bridgehead atoms. The van der Waals surface area contributed by atoms with Gasteiger partial charge in [-0.15, -0.1) is 0 Å². The van der Waals surface area contributed by atoms with Crippen molar-refractivity contribution in [2.24, 2.45) is 0 Å². The maximum Gasteiger partial charge on any atom is 3.00 e. The first-order valence-corrected chi connectivity index (χ1v) is 0. The van der Waals surface area contributed by atoms with Gasteiger partial charge in [0.05, 0.1) is 0 Å². The second-order valence-corrected chi connectivity index (χ2v) is 0. The smallest absolute Gasteiger partial charge is 2.00 e. The molecule has 0 aromatic heterocycles. The van der Waals surface area contributed by atoms with Crippen LogP contribution in [-0.2, 0) is 146 Å². The Morgan fingerprint density at radius 1 is 0.308 bits per heavy atom. The normalized spacial score (nSPS) is 0. The van der Waals surface area contributed by atoms with Crippen LogP contribution in [0, 0.1) is 0 Å². The third-order valence-corrected chi connectivity index (χ3v) is 0. The fourth-order valence-corrected chi connectivity index (χ4v) is 0. The molecule has 4 radical (unpaired) electrons. The summed E-state index contributed by atoms with van der Waals surface area (Å²) in [6, 6.07) is 0. The van der Waals surface area contributed by atoms with Crippen molar-refractivity contribution in [2.45, 2.75) is 0 Å². The van der Waals surface area contributed by atoms with Crippen LogP contribution in [0.25, 0.3) is 0 Å². The fraction of sp³-hybridized carbons (Fsp3) is 0. The molecule has 0 fully saturated rings. The zero-order chi connectivity index (χ0) is 0. The first-order chi connectivity index (χ1) is 0. The van der Waals surface area contributed by atoms with Crippen LogP contribution in [0.5, 0.6) is 0 Å². The molecule has 0 atom stereocenters. The number of hydrogen-bond acceptors (Lipinski definition) is 0. The maximum atomic E-state index is 0. The van der Waals surface area contributed by atoms with E-state index in [2.05, 4.69) is 0 Å². The van der Waals surface area contributed by atoms with E-state index in [1.54, 1.807) is 0 Å². The minimum atomic E-state index is 0. The Morgan fingerprint density at radius 3 is 0.308 bits per heavy atom. The quantitative estimate of drug-likeness (QED) is 0.395. The van der Waals surface area contributed by atoms with E-state index in [9.17, 15) is 0 Å². The van der Waals surface area contributed by atoms with E-state index < -0.39 is 0 Å². The van der Waals surface area contributed by atoms with Crippen LogP contribution in [-0.4, -0.2) is 0 Å². The molecule has 0 heterocycles. The van der Waals surface area contributed by atoms with Gasteiger partial charge in [0.25, 0.3) is 0 Å². The van der Waals surface area contributed by atoms with Crippen LogP contribution in [0.3, 0.4) is 0 Å². The summed E-state index contributed by atoms with van der Waals surface area (Å²) in [4.78, 5) is 0. The fourth-order valence-electron chi connectivity index (χ4n) is 0. The molecular formula is Cr2Cu2O7Zn2. The molecule has 0 amide bonds. The summed E-state index contributed by atoms with van der Waals surface area (Å²) in [5.41, 5.74) is 0. The summed E-state index contributed by atoms with van der Waals surface area (Å²) in [5, 5.41) is 0. The second kappa shape index (κ2) is 316. The zero-order valence-electron chi connectivity index (χ0n) is 5.69. The Kier molecular flexibility index (Phi) is 9420. The molecule has 0 aromatic rings. The third kappa shape index (κ3) is 273. The van der Waals surface area contributed by atoms with Crippen LogP contribution < -0.4 is 0 Å². The van der Waals surface area contributed by atoms with Crippen molar-refractivity contribution in [3.05, 3.63) is 0 Å². The molecule has 0 saturated heterocycles. The van der Waals surface area contributed by atoms with Crippen molar-refractivity contribution in [3.63, 3.8) is 0 Å². The van der Waals surface area contributed by atoms with E-state index in [0.29, 0.717) is 0 Å². The zero-order valence-corrected chi connectivity index (χ0v) is 16.1. The van der Waals surface area contributed by atoms with Gasteiger partial charge < -0.3 is 38.3 Å². The van der Waals surface area contributed by atoms with Gasteiger partial charge >= 0.3 is 108 Å². The van der Waals surface area contributed by atoms with E-state index in [0.717, 1.165) is 0 Å². The molecule has 0 aliphatic carbocycles. The Labute approximate surface area is 144 Å². The predicted octanol–water partition coefficient (Wildman–Crippen LogP) is -0.847. The Hall–Kier alpha value is 3.07. The molecule has 80 valence electrons. The molecule has 0 aliphatic rings. The molecule has 13 heavy (non-hydrogen) atoms. The second-order valence-electron chi connectivity index (χ2n) is 0. The Morgan fingerprint density at radius 2 is 0.308 bits per heavy atom. The van der Waals surface area contributed by atoms with Gasteiger partial charge in [0.1, 0.15) is 0 Å². The van der Waals surface area contributed by atoms with Gasteiger partial charge in [0, 0.05) is 0 Å². The van der Waals surface area contributed by atoms with Gasteiger partial charge in [0.2, 0.25) is 0 Å². The number of hydrogen-bond donors (Lipinski definition) is 0. The van der Waals surface area contributed by atoms with E-state index in [-0.39, 0.29) is 146 Å². The van der Waals surface area contributed by atoms with Crippen molar-refractivity contribution in [1.29, 1.82) is 0 Å². The van der Waals surface area contributed by atoms with Crippen LogP contribution >= 0.6 is 0 Å². The molecule has 0 aliphatic heterocycles. The summed E-state index contributed by atoms with van der Waals surface area (Å²) < 4.78 is 0. The van der Waals surface area contributed by atoms with Crippen LogP contribution in [0.2, 0.25) is 0 Å². The maximum absolute atomic E-state index is 0. The van der Waals surface area contributed by atoms with Crippen LogP contribution in [0.15, 0.2) is 0 Å². The van der Waals surface area contributed by atoms with Crippen molar-refractivity contribution in [3.8, 4) is 0 Å². The molecule has 0 rings (SSSR count). The molecule has 0 spiro atoms. The van der Waals surface area contributed by atoms with Gasteiger partial charge in [-0.05, 0) is 0 Å². The van der Waals surface area contributed by atoms with Crippen molar-refractivity contribution in [2.75, 3.05) is 0 Å². The van der Waals surface area contributed by atoms with Crippen molar-refractivity contribution < 1.29 is 146 Å². The molecular weight excluding hydrogens is 474 g/mol. The average Bonchev–Trinajstić information content (AvgIpc) is 0. The molecule has 0 N–H and O–H groups in total. The Bertz CT molecular complexity index is 22.5. The molecule has 0 saturated carbocycles. The predicted molar refractivity (Wildman–Crippen MR) is 4.81 cm³/mol. The topological polar surface area (TPSA) is 200 Å². The summed E-state index contributed by atoms with van der Waals surface area (Å²) >= 11 is 0. The SMILES string of the molecule is [Cr+3].[Cr+3].[Cu+2].[Cu+2].[O-2].[O-2].[O-2].[O-2].[O-2].[O-2].[O-2].[Zn+2].[Zn+2]. The molecule has 0 aromatic carbocycles. The average molecular weight is 474 g/mol. The van der Waals surface area contributed by atoms with E-state index in [4.69, 9.17) is 0 Å². The summed E-state index contributed by atoms with van der Waals surface area (Å²) in [6.45, 7) is 0. The first-order valence-electron chi connectivity index (χ1n) is 0. The van der Waals surface area contributed by atoms with Gasteiger partial charge in [-0.1, -0.05) is 0 Å². The van der Waals surface area contributed by atoms with Gasteiger partial charge in [-0.2, -0.15) is 0 Å². The minimum Gasteiger partial charge on any atom is -2.00 e. The van der Waals surface area contributed by atoms with Crippen molar-refractivity contribution >= 4 is 0 Å². The first kappa shape index (κ1) is 387. The largest absolute Gasteiger partial charge is 3.00 e. The molecule has 0 unspecified atom stereocenters. The van der Waals surface area contributed by atoms with Gasteiger partial charge in [0.15, 0.2) is 0 Å². The minimum absolute atomic E-state index is 0. The summed E-state index contributed by atoms with van der Waals surface area (Å²) in [7, 11) is 0. The monoisotopic (exact) mass is 470 g/mol. The van der Waals surface area contributed by atoms with Crippen LogP contribution in [0.4, 0.5) is 0 Å². The number of rotatable bonds is 0. The van der Waals surface area contributed by atoms with Crippen molar-refractivity contribution in [1.82, 2.24) is 0 Å². The van der Waals surface area contributed by atoms with Crippen LogP contribution in [0.1, 0.15) is 0 Å².